The SMILES string of the molecule is COC(=O)c1ccc(NCC(=O)NCCc2ccccc2F)cc1. The Labute approximate surface area is 139 Å². The van der Waals surface area contributed by atoms with Crippen molar-refractivity contribution in [2.75, 3.05) is 25.5 Å². The Hall–Kier alpha value is -2.89. The van der Waals surface area contributed by atoms with Gasteiger partial charge in [0.05, 0.1) is 19.2 Å². The normalized spacial score (nSPS) is 10.1. The third-order valence-electron chi connectivity index (χ3n) is 3.43. The molecule has 0 saturated carbocycles. The molecule has 126 valence electrons. The minimum atomic E-state index is -0.410. The Bertz CT molecular complexity index is 702. The summed E-state index contributed by atoms with van der Waals surface area (Å²) >= 11 is 0. The third-order valence-corrected chi connectivity index (χ3v) is 3.43. The van der Waals surface area contributed by atoms with Crippen LogP contribution in [0.5, 0.6) is 0 Å². The number of carbonyl (C=O) groups is 2. The molecule has 5 nitrogen and oxygen atoms in total. The van der Waals surface area contributed by atoms with Gasteiger partial charge in [-0.25, -0.2) is 9.18 Å². The lowest BCUT2D eigenvalue weighted by Gasteiger charge is -2.09. The predicted molar refractivity (Wildman–Crippen MR) is 89.4 cm³/mol. The van der Waals surface area contributed by atoms with Gasteiger partial charge >= 0.3 is 5.97 Å². The lowest BCUT2D eigenvalue weighted by Crippen LogP contribution is -2.31. The molecule has 2 N–H and O–H groups in total. The van der Waals surface area contributed by atoms with Crippen molar-refractivity contribution in [3.8, 4) is 0 Å². The second-order valence-electron chi connectivity index (χ2n) is 5.11. The van der Waals surface area contributed by atoms with Gasteiger partial charge in [-0.15, -0.1) is 0 Å². The zero-order valence-corrected chi connectivity index (χ0v) is 13.3. The van der Waals surface area contributed by atoms with Crippen molar-refractivity contribution in [2.24, 2.45) is 0 Å². The summed E-state index contributed by atoms with van der Waals surface area (Å²) in [7, 11) is 1.32. The molecule has 2 rings (SSSR count). The number of rotatable bonds is 7. The predicted octanol–water partition coefficient (Wildman–Crippen LogP) is 2.38. The van der Waals surface area contributed by atoms with Gasteiger partial charge in [0.25, 0.3) is 0 Å². The molecule has 1 amide bonds. The fraction of sp³-hybridized carbons (Fsp3) is 0.222. The van der Waals surface area contributed by atoms with E-state index in [0.717, 1.165) is 0 Å². The van der Waals surface area contributed by atoms with E-state index in [1.807, 2.05) is 0 Å². The number of ether oxygens (including phenoxy) is 1. The van der Waals surface area contributed by atoms with E-state index in [2.05, 4.69) is 15.4 Å². The average Bonchev–Trinajstić information content (AvgIpc) is 2.61. The summed E-state index contributed by atoms with van der Waals surface area (Å²) in [5.74, 6) is -0.869. The standard InChI is InChI=1S/C18H19FN2O3/c1-24-18(23)14-6-8-15(9-7-14)21-12-17(22)20-11-10-13-4-2-3-5-16(13)19/h2-9,21H,10-12H2,1H3,(H,20,22). The van der Waals surface area contributed by atoms with Crippen molar-refractivity contribution >= 4 is 17.6 Å². The maximum absolute atomic E-state index is 13.4. The quantitative estimate of drug-likeness (QED) is 0.765. The van der Waals surface area contributed by atoms with Crippen LogP contribution in [0.4, 0.5) is 10.1 Å². The van der Waals surface area contributed by atoms with E-state index >= 15 is 0 Å². The van der Waals surface area contributed by atoms with Crippen LogP contribution in [0.2, 0.25) is 0 Å². The molecule has 0 aliphatic heterocycles. The lowest BCUT2D eigenvalue weighted by atomic mass is 10.1. The van der Waals surface area contributed by atoms with Crippen molar-refractivity contribution in [3.63, 3.8) is 0 Å². The van der Waals surface area contributed by atoms with Gasteiger partial charge in [0.1, 0.15) is 5.82 Å². The van der Waals surface area contributed by atoms with Crippen molar-refractivity contribution in [1.29, 1.82) is 0 Å². The van der Waals surface area contributed by atoms with Crippen molar-refractivity contribution < 1.29 is 18.7 Å². The number of amides is 1. The molecule has 6 heteroatoms. The maximum atomic E-state index is 13.4. The Kier molecular flexibility index (Phi) is 6.31. The summed E-state index contributed by atoms with van der Waals surface area (Å²) in [6.07, 6.45) is 0.437. The zero-order valence-electron chi connectivity index (χ0n) is 13.3. The molecule has 0 bridgehead atoms. The molecule has 0 atom stereocenters. The average molecular weight is 330 g/mol. The molecule has 24 heavy (non-hydrogen) atoms. The molecule has 0 unspecified atom stereocenters. The largest absolute Gasteiger partial charge is 0.465 e. The lowest BCUT2D eigenvalue weighted by molar-refractivity contribution is -0.119. The first-order valence-electron chi connectivity index (χ1n) is 7.52. The topological polar surface area (TPSA) is 67.4 Å². The first-order valence-corrected chi connectivity index (χ1v) is 7.52. The van der Waals surface area contributed by atoms with Crippen molar-refractivity contribution in [1.82, 2.24) is 5.32 Å². The maximum Gasteiger partial charge on any atom is 0.337 e. The molecular formula is C18H19FN2O3. The fourth-order valence-corrected chi connectivity index (χ4v) is 2.12. The van der Waals surface area contributed by atoms with Crippen molar-refractivity contribution in [2.45, 2.75) is 6.42 Å². The number of nitrogens with one attached hydrogen (secondary N) is 2. The highest BCUT2D eigenvalue weighted by molar-refractivity contribution is 5.89. The summed E-state index contributed by atoms with van der Waals surface area (Å²) in [5.41, 5.74) is 1.73. The number of methoxy groups -OCH3 is 1. The van der Waals surface area contributed by atoms with Crippen LogP contribution in [0, 0.1) is 5.82 Å². The molecule has 0 radical (unpaired) electrons. The van der Waals surface area contributed by atoms with Gasteiger partial charge in [-0.2, -0.15) is 0 Å². The van der Waals surface area contributed by atoms with Crippen LogP contribution in [0.15, 0.2) is 48.5 Å². The summed E-state index contributed by atoms with van der Waals surface area (Å²) < 4.78 is 18.1. The van der Waals surface area contributed by atoms with Gasteiger partial charge in [-0.05, 0) is 42.3 Å². The van der Waals surface area contributed by atoms with E-state index in [0.29, 0.717) is 29.8 Å². The van der Waals surface area contributed by atoms with Crippen LogP contribution in [-0.2, 0) is 16.0 Å². The number of hydrogen-bond acceptors (Lipinski definition) is 4. The summed E-state index contributed by atoms with van der Waals surface area (Å²) in [4.78, 5) is 23.1. The van der Waals surface area contributed by atoms with Gasteiger partial charge in [-0.1, -0.05) is 18.2 Å². The van der Waals surface area contributed by atoms with Crippen LogP contribution in [-0.4, -0.2) is 32.1 Å². The van der Waals surface area contributed by atoms with E-state index in [-0.39, 0.29) is 18.3 Å². The summed E-state index contributed by atoms with van der Waals surface area (Å²) in [5, 5.41) is 5.68. The number of carbonyl (C=O) groups excluding carboxylic acids is 2. The minimum Gasteiger partial charge on any atom is -0.465 e. The molecule has 0 aliphatic carbocycles. The van der Waals surface area contributed by atoms with Crippen LogP contribution < -0.4 is 10.6 Å². The number of hydrogen-bond donors (Lipinski definition) is 2. The summed E-state index contributed by atoms with van der Waals surface area (Å²) in [6, 6.07) is 13.1. The molecule has 0 aromatic heterocycles. The highest BCUT2D eigenvalue weighted by Crippen LogP contribution is 2.10. The molecular weight excluding hydrogens is 311 g/mol. The molecule has 2 aromatic carbocycles. The second kappa shape index (κ2) is 8.67. The zero-order chi connectivity index (χ0) is 17.4. The van der Waals surface area contributed by atoms with Crippen LogP contribution in [0.25, 0.3) is 0 Å². The van der Waals surface area contributed by atoms with Gasteiger partial charge < -0.3 is 15.4 Å². The van der Waals surface area contributed by atoms with Gasteiger partial charge in [0.15, 0.2) is 0 Å². The van der Waals surface area contributed by atoms with E-state index in [9.17, 15) is 14.0 Å². The fourth-order valence-electron chi connectivity index (χ4n) is 2.12. The van der Waals surface area contributed by atoms with E-state index in [1.165, 1.54) is 13.2 Å². The Morgan fingerprint density at radius 1 is 1.08 bits per heavy atom. The van der Waals surface area contributed by atoms with E-state index in [1.54, 1.807) is 42.5 Å². The van der Waals surface area contributed by atoms with Gasteiger partial charge in [0, 0.05) is 12.2 Å². The van der Waals surface area contributed by atoms with E-state index < -0.39 is 5.97 Å². The number of benzene rings is 2. The molecule has 0 heterocycles. The first kappa shape index (κ1) is 17.5. The number of esters is 1. The highest BCUT2D eigenvalue weighted by atomic mass is 19.1. The highest BCUT2D eigenvalue weighted by Gasteiger charge is 2.06. The molecule has 2 aromatic rings. The molecule has 0 fully saturated rings. The second-order valence-corrected chi connectivity index (χ2v) is 5.11. The molecule has 0 saturated heterocycles. The van der Waals surface area contributed by atoms with Crippen molar-refractivity contribution in [3.05, 3.63) is 65.5 Å². The molecule has 0 aliphatic rings. The number of anilines is 1. The Balaban J connectivity index is 1.73. The monoisotopic (exact) mass is 330 g/mol. The number of halogens is 1. The smallest absolute Gasteiger partial charge is 0.337 e. The van der Waals surface area contributed by atoms with Gasteiger partial charge in [-0.3, -0.25) is 4.79 Å². The Morgan fingerprint density at radius 3 is 2.46 bits per heavy atom. The van der Waals surface area contributed by atoms with Gasteiger partial charge in [0.2, 0.25) is 5.91 Å². The van der Waals surface area contributed by atoms with Crippen LogP contribution in [0.3, 0.4) is 0 Å². The molecule has 0 spiro atoms. The third kappa shape index (κ3) is 5.08. The van der Waals surface area contributed by atoms with Crippen LogP contribution in [0.1, 0.15) is 15.9 Å². The minimum absolute atomic E-state index is 0.0921. The van der Waals surface area contributed by atoms with E-state index in [4.69, 9.17) is 0 Å². The first-order chi connectivity index (χ1) is 11.6. The van der Waals surface area contributed by atoms with Crippen LogP contribution >= 0.6 is 0 Å². The summed E-state index contributed by atoms with van der Waals surface area (Å²) in [6.45, 7) is 0.456. The Morgan fingerprint density at radius 2 is 1.79 bits per heavy atom.